The predicted octanol–water partition coefficient (Wildman–Crippen LogP) is 3.66. The molecule has 106 valence electrons. The summed E-state index contributed by atoms with van der Waals surface area (Å²) >= 11 is 5.97. The van der Waals surface area contributed by atoms with Crippen LogP contribution in [0.1, 0.15) is 32.3 Å². The zero-order valence-corrected chi connectivity index (χ0v) is 12.4. The molecule has 1 aromatic rings. The van der Waals surface area contributed by atoms with Gasteiger partial charge in [0, 0.05) is 18.1 Å². The van der Waals surface area contributed by atoms with Crippen molar-refractivity contribution in [3.8, 4) is 0 Å². The van der Waals surface area contributed by atoms with Crippen LogP contribution in [-0.4, -0.2) is 29.1 Å². The summed E-state index contributed by atoms with van der Waals surface area (Å²) in [6.07, 6.45) is 1.25. The Morgan fingerprint density at radius 3 is 2.68 bits per heavy atom. The maximum absolute atomic E-state index is 10.7. The van der Waals surface area contributed by atoms with Crippen molar-refractivity contribution in [3.05, 3.63) is 34.9 Å². The molecule has 0 atom stereocenters. The summed E-state index contributed by atoms with van der Waals surface area (Å²) in [7, 11) is 0. The van der Waals surface area contributed by atoms with Gasteiger partial charge < -0.3 is 5.11 Å². The van der Waals surface area contributed by atoms with Crippen LogP contribution < -0.4 is 0 Å². The van der Waals surface area contributed by atoms with Crippen molar-refractivity contribution in [2.75, 3.05) is 13.1 Å². The average molecular weight is 284 g/mol. The van der Waals surface area contributed by atoms with Crippen molar-refractivity contribution in [2.45, 2.75) is 33.2 Å². The molecule has 0 radical (unpaired) electrons. The van der Waals surface area contributed by atoms with Crippen molar-refractivity contribution >= 4 is 17.6 Å². The van der Waals surface area contributed by atoms with E-state index >= 15 is 0 Å². The van der Waals surface area contributed by atoms with E-state index < -0.39 is 5.97 Å². The number of halogens is 1. The van der Waals surface area contributed by atoms with Crippen LogP contribution in [0.5, 0.6) is 0 Å². The Hall–Kier alpha value is -1.06. The molecule has 0 saturated heterocycles. The number of hydrogen-bond acceptors (Lipinski definition) is 2. The minimum atomic E-state index is -0.749. The smallest absolute Gasteiger partial charge is 0.304 e. The third-order valence-corrected chi connectivity index (χ3v) is 3.19. The Balaban J connectivity index is 2.58. The molecule has 1 aromatic carbocycles. The minimum absolute atomic E-state index is 0.179. The second-order valence-electron chi connectivity index (χ2n) is 5.23. The lowest BCUT2D eigenvalue weighted by molar-refractivity contribution is -0.137. The van der Waals surface area contributed by atoms with Crippen molar-refractivity contribution in [1.29, 1.82) is 0 Å². The third-order valence-electron chi connectivity index (χ3n) is 2.96. The summed E-state index contributed by atoms with van der Waals surface area (Å²) in [5.41, 5.74) is 1.13. The zero-order valence-electron chi connectivity index (χ0n) is 11.6. The highest BCUT2D eigenvalue weighted by molar-refractivity contribution is 6.30. The topological polar surface area (TPSA) is 40.5 Å². The van der Waals surface area contributed by atoms with Crippen LogP contribution in [0.2, 0.25) is 5.02 Å². The SMILES string of the molecule is CC(C)CCN(CCC(=O)O)Cc1cccc(Cl)c1. The first-order valence-corrected chi connectivity index (χ1v) is 7.03. The van der Waals surface area contributed by atoms with E-state index in [9.17, 15) is 4.79 Å². The predicted molar refractivity (Wildman–Crippen MR) is 78.4 cm³/mol. The third kappa shape index (κ3) is 7.19. The lowest BCUT2D eigenvalue weighted by Gasteiger charge is -2.22. The Morgan fingerprint density at radius 1 is 1.37 bits per heavy atom. The number of carbonyl (C=O) groups is 1. The second-order valence-corrected chi connectivity index (χ2v) is 5.67. The highest BCUT2D eigenvalue weighted by Gasteiger charge is 2.09. The lowest BCUT2D eigenvalue weighted by Crippen LogP contribution is -2.28. The summed E-state index contributed by atoms with van der Waals surface area (Å²) in [6.45, 7) is 6.59. The van der Waals surface area contributed by atoms with E-state index in [1.807, 2.05) is 24.3 Å². The molecule has 19 heavy (non-hydrogen) atoms. The molecule has 0 unspecified atom stereocenters. The Kier molecular flexibility index (Phi) is 6.89. The maximum Gasteiger partial charge on any atom is 0.304 e. The fourth-order valence-corrected chi connectivity index (χ4v) is 2.07. The monoisotopic (exact) mass is 283 g/mol. The lowest BCUT2D eigenvalue weighted by atomic mass is 10.1. The van der Waals surface area contributed by atoms with Crippen LogP contribution in [-0.2, 0) is 11.3 Å². The molecule has 0 aromatic heterocycles. The number of nitrogens with zero attached hydrogens (tertiary/aromatic N) is 1. The average Bonchev–Trinajstić information content (AvgIpc) is 2.32. The zero-order chi connectivity index (χ0) is 14.3. The van der Waals surface area contributed by atoms with Gasteiger partial charge in [0.1, 0.15) is 0 Å². The van der Waals surface area contributed by atoms with E-state index in [-0.39, 0.29) is 6.42 Å². The molecule has 0 amide bonds. The molecule has 4 heteroatoms. The fraction of sp³-hybridized carbons (Fsp3) is 0.533. The van der Waals surface area contributed by atoms with Crippen LogP contribution >= 0.6 is 11.6 Å². The Labute approximate surface area is 120 Å². The summed E-state index contributed by atoms with van der Waals surface area (Å²) in [4.78, 5) is 12.9. The van der Waals surface area contributed by atoms with Gasteiger partial charge in [0.25, 0.3) is 0 Å². The second kappa shape index (κ2) is 8.18. The number of rotatable bonds is 8. The molecule has 0 saturated carbocycles. The number of carboxylic acids is 1. The summed E-state index contributed by atoms with van der Waals surface area (Å²) in [6, 6.07) is 7.73. The molecule has 0 spiro atoms. The van der Waals surface area contributed by atoms with Gasteiger partial charge in [-0.05, 0) is 36.6 Å². The van der Waals surface area contributed by atoms with E-state index in [0.717, 1.165) is 30.1 Å². The van der Waals surface area contributed by atoms with Gasteiger partial charge in [0.05, 0.1) is 6.42 Å². The number of carboxylic acid groups (broad SMARTS) is 1. The van der Waals surface area contributed by atoms with Crippen LogP contribution in [0.4, 0.5) is 0 Å². The molecule has 0 aliphatic heterocycles. The van der Waals surface area contributed by atoms with Gasteiger partial charge in [-0.1, -0.05) is 37.6 Å². The van der Waals surface area contributed by atoms with E-state index in [0.29, 0.717) is 12.5 Å². The van der Waals surface area contributed by atoms with Gasteiger partial charge in [-0.2, -0.15) is 0 Å². The van der Waals surface area contributed by atoms with E-state index in [1.54, 1.807) is 0 Å². The number of aliphatic carboxylic acids is 1. The van der Waals surface area contributed by atoms with Crippen molar-refractivity contribution in [3.63, 3.8) is 0 Å². The molecule has 0 fully saturated rings. The molecule has 0 heterocycles. The first-order chi connectivity index (χ1) is 8.97. The number of hydrogen-bond donors (Lipinski definition) is 1. The van der Waals surface area contributed by atoms with Crippen LogP contribution in [0, 0.1) is 5.92 Å². The van der Waals surface area contributed by atoms with E-state index in [4.69, 9.17) is 16.7 Å². The molecule has 3 nitrogen and oxygen atoms in total. The van der Waals surface area contributed by atoms with Gasteiger partial charge in [0.2, 0.25) is 0 Å². The fourth-order valence-electron chi connectivity index (χ4n) is 1.86. The van der Waals surface area contributed by atoms with E-state index in [1.165, 1.54) is 0 Å². The van der Waals surface area contributed by atoms with Crippen molar-refractivity contribution in [1.82, 2.24) is 4.90 Å². The molecular formula is C15H22ClNO2. The van der Waals surface area contributed by atoms with E-state index in [2.05, 4.69) is 18.7 Å². The minimum Gasteiger partial charge on any atom is -0.481 e. The normalized spacial score (nSPS) is 11.2. The summed E-state index contributed by atoms with van der Waals surface area (Å²) in [5, 5.41) is 9.52. The Bertz CT molecular complexity index is 407. The largest absolute Gasteiger partial charge is 0.481 e. The van der Waals surface area contributed by atoms with Crippen LogP contribution in [0.15, 0.2) is 24.3 Å². The molecule has 1 rings (SSSR count). The molecule has 0 aliphatic carbocycles. The standard InChI is InChI=1S/C15H22ClNO2/c1-12(2)6-8-17(9-7-15(18)19)11-13-4-3-5-14(16)10-13/h3-5,10,12H,6-9,11H2,1-2H3,(H,18,19). The molecule has 0 bridgehead atoms. The van der Waals surface area contributed by atoms with Crippen LogP contribution in [0.3, 0.4) is 0 Å². The van der Waals surface area contributed by atoms with Gasteiger partial charge >= 0.3 is 5.97 Å². The first-order valence-electron chi connectivity index (χ1n) is 6.66. The van der Waals surface area contributed by atoms with Gasteiger partial charge in [-0.25, -0.2) is 0 Å². The molecule has 1 N–H and O–H groups in total. The summed E-state index contributed by atoms with van der Waals surface area (Å²) < 4.78 is 0. The van der Waals surface area contributed by atoms with Crippen molar-refractivity contribution < 1.29 is 9.90 Å². The highest BCUT2D eigenvalue weighted by Crippen LogP contribution is 2.14. The first kappa shape index (κ1) is 16.0. The quantitative estimate of drug-likeness (QED) is 0.791. The van der Waals surface area contributed by atoms with Crippen LogP contribution in [0.25, 0.3) is 0 Å². The van der Waals surface area contributed by atoms with Gasteiger partial charge in [-0.3, -0.25) is 9.69 Å². The maximum atomic E-state index is 10.7. The van der Waals surface area contributed by atoms with Gasteiger partial charge in [0.15, 0.2) is 0 Å². The Morgan fingerprint density at radius 2 is 2.11 bits per heavy atom. The van der Waals surface area contributed by atoms with Gasteiger partial charge in [-0.15, -0.1) is 0 Å². The molecular weight excluding hydrogens is 262 g/mol. The van der Waals surface area contributed by atoms with Crippen molar-refractivity contribution in [2.24, 2.45) is 5.92 Å². The molecule has 0 aliphatic rings. The summed E-state index contributed by atoms with van der Waals surface area (Å²) in [5.74, 6) is -0.132. The number of benzene rings is 1. The highest BCUT2D eigenvalue weighted by atomic mass is 35.5.